The fraction of sp³-hybridized carbons (Fsp3) is 0. The smallest absolute Gasteiger partial charge is 0.164 e. The van der Waals surface area contributed by atoms with Gasteiger partial charge in [0.15, 0.2) is 17.5 Å². The summed E-state index contributed by atoms with van der Waals surface area (Å²) >= 11 is 0. The summed E-state index contributed by atoms with van der Waals surface area (Å²) in [5.41, 5.74) is 17.5. The van der Waals surface area contributed by atoms with E-state index < -0.39 is 0 Å². The van der Waals surface area contributed by atoms with Crippen LogP contribution >= 0.6 is 0 Å². The highest BCUT2D eigenvalue weighted by Crippen LogP contribution is 2.56. The van der Waals surface area contributed by atoms with Crippen LogP contribution in [0.5, 0.6) is 0 Å². The largest absolute Gasteiger partial charge is 0.208 e. The molecule has 0 N–H and O–H groups in total. The SMILES string of the molecule is c1ccc(-c2nc(-c3ccccc3)nc(-c3cccc(-c4ccc5ccccc5c4-c4ccc5c6c(cccc46)-c4c(-c6ccccc6)ccc(-c6ccccc6)c4-5)c3)n2)cc1. The second kappa shape index (κ2) is 14.8. The van der Waals surface area contributed by atoms with Crippen LogP contribution in [0, 0.1) is 0 Å². The lowest BCUT2D eigenvalue weighted by molar-refractivity contribution is 1.07. The molecule has 3 nitrogen and oxygen atoms in total. The lowest BCUT2D eigenvalue weighted by atomic mass is 9.86. The second-order valence-electron chi connectivity index (χ2n) is 15.9. The molecule has 1 heterocycles. The molecule has 0 fully saturated rings. The Bertz CT molecular complexity index is 3360. The van der Waals surface area contributed by atoms with Gasteiger partial charge in [0, 0.05) is 16.7 Å². The number of benzene rings is 10. The molecule has 0 atom stereocenters. The molecule has 0 radical (unpaired) electrons. The summed E-state index contributed by atoms with van der Waals surface area (Å²) in [4.78, 5) is 15.1. The Hall–Kier alpha value is -8.27. The molecule has 10 aromatic carbocycles. The molecule has 0 unspecified atom stereocenters. The zero-order valence-corrected chi connectivity index (χ0v) is 33.7. The zero-order valence-electron chi connectivity index (χ0n) is 33.7. The Kier molecular flexibility index (Phi) is 8.50. The predicted octanol–water partition coefficient (Wildman–Crippen LogP) is 15.5. The molecular weight excluding hydrogens is 751 g/mol. The van der Waals surface area contributed by atoms with Gasteiger partial charge >= 0.3 is 0 Å². The highest BCUT2D eigenvalue weighted by atomic mass is 15.0. The quantitative estimate of drug-likeness (QED) is 0.161. The molecule has 0 amide bonds. The molecular formula is C59H37N3. The van der Waals surface area contributed by atoms with Gasteiger partial charge in [0.1, 0.15) is 0 Å². The zero-order chi connectivity index (χ0) is 41.0. The Morgan fingerprint density at radius 2 is 0.629 bits per heavy atom. The summed E-state index contributed by atoms with van der Waals surface area (Å²) in [6.07, 6.45) is 0. The molecule has 3 heteroatoms. The Morgan fingerprint density at radius 3 is 1.24 bits per heavy atom. The van der Waals surface area contributed by atoms with Crippen molar-refractivity contribution in [2.45, 2.75) is 0 Å². The van der Waals surface area contributed by atoms with Crippen molar-refractivity contribution in [3.63, 3.8) is 0 Å². The molecule has 12 rings (SSSR count). The van der Waals surface area contributed by atoms with E-state index in [2.05, 4.69) is 164 Å². The van der Waals surface area contributed by atoms with Gasteiger partial charge < -0.3 is 0 Å². The minimum absolute atomic E-state index is 0.633. The molecule has 0 saturated heterocycles. The first-order valence-electron chi connectivity index (χ1n) is 21.1. The molecule has 1 aliphatic rings. The number of hydrogen-bond acceptors (Lipinski definition) is 3. The van der Waals surface area contributed by atoms with Gasteiger partial charge in [-0.3, -0.25) is 0 Å². The van der Waals surface area contributed by atoms with E-state index in [9.17, 15) is 0 Å². The van der Waals surface area contributed by atoms with Gasteiger partial charge in [-0.1, -0.05) is 218 Å². The number of nitrogens with zero attached hydrogens (tertiary/aromatic N) is 3. The molecule has 11 aromatic rings. The average molecular weight is 788 g/mol. The van der Waals surface area contributed by atoms with Crippen LogP contribution in [-0.4, -0.2) is 15.0 Å². The van der Waals surface area contributed by atoms with Crippen LogP contribution in [0.15, 0.2) is 224 Å². The first-order chi connectivity index (χ1) is 30.8. The van der Waals surface area contributed by atoms with Gasteiger partial charge in [-0.25, -0.2) is 15.0 Å². The maximum atomic E-state index is 5.09. The van der Waals surface area contributed by atoms with E-state index in [0.717, 1.165) is 27.8 Å². The van der Waals surface area contributed by atoms with Crippen molar-refractivity contribution in [3.8, 4) is 101 Å². The molecule has 0 aliphatic heterocycles. The van der Waals surface area contributed by atoms with Gasteiger partial charge in [-0.05, 0) is 94.4 Å². The Labute approximate surface area is 360 Å². The minimum atomic E-state index is 0.633. The van der Waals surface area contributed by atoms with Gasteiger partial charge in [0.2, 0.25) is 0 Å². The first-order valence-corrected chi connectivity index (χ1v) is 21.1. The standard InChI is InChI=1S/C59H37N3/c1-5-17-38(18-6-1)46-33-34-47(39-19-7-2-8-20-39)56-52-36-35-50(49-29-16-30-51(54(49)52)55(46)56)53-45-28-14-13-21-40(45)31-32-48(53)43-26-15-27-44(37-43)59-61-57(41-22-9-3-10-23-41)60-58(62-59)42-24-11-4-12-25-42/h1-37H. The summed E-state index contributed by atoms with van der Waals surface area (Å²) in [5.74, 6) is 1.92. The van der Waals surface area contributed by atoms with Gasteiger partial charge in [0.05, 0.1) is 0 Å². The highest BCUT2D eigenvalue weighted by molar-refractivity contribution is 6.24. The fourth-order valence-electron chi connectivity index (χ4n) is 9.49. The van der Waals surface area contributed by atoms with Crippen molar-refractivity contribution in [1.29, 1.82) is 0 Å². The van der Waals surface area contributed by atoms with Crippen molar-refractivity contribution < 1.29 is 0 Å². The Morgan fingerprint density at radius 1 is 0.226 bits per heavy atom. The van der Waals surface area contributed by atoms with E-state index in [1.54, 1.807) is 0 Å². The van der Waals surface area contributed by atoms with Gasteiger partial charge in [-0.2, -0.15) is 0 Å². The summed E-state index contributed by atoms with van der Waals surface area (Å²) in [5, 5.41) is 4.93. The first kappa shape index (κ1) is 35.7. The molecule has 1 aliphatic carbocycles. The van der Waals surface area contributed by atoms with Crippen molar-refractivity contribution in [3.05, 3.63) is 224 Å². The van der Waals surface area contributed by atoms with Crippen molar-refractivity contribution in [1.82, 2.24) is 15.0 Å². The molecule has 0 spiro atoms. The van der Waals surface area contributed by atoms with Crippen molar-refractivity contribution in [2.75, 3.05) is 0 Å². The van der Waals surface area contributed by atoms with Crippen molar-refractivity contribution >= 4 is 21.5 Å². The third-order valence-electron chi connectivity index (χ3n) is 12.3. The maximum absolute atomic E-state index is 5.09. The molecule has 0 bridgehead atoms. The van der Waals surface area contributed by atoms with E-state index in [4.69, 9.17) is 15.0 Å². The van der Waals surface area contributed by atoms with Crippen LogP contribution < -0.4 is 0 Å². The topological polar surface area (TPSA) is 38.7 Å². The monoisotopic (exact) mass is 787 g/mol. The molecule has 1 aromatic heterocycles. The van der Waals surface area contributed by atoms with Crippen LogP contribution in [0.2, 0.25) is 0 Å². The number of hydrogen-bond donors (Lipinski definition) is 0. The van der Waals surface area contributed by atoms with Crippen LogP contribution in [-0.2, 0) is 0 Å². The maximum Gasteiger partial charge on any atom is 0.164 e. The van der Waals surface area contributed by atoms with Crippen molar-refractivity contribution in [2.24, 2.45) is 0 Å². The summed E-state index contributed by atoms with van der Waals surface area (Å²) in [6.45, 7) is 0. The van der Waals surface area contributed by atoms with Crippen LogP contribution in [0.1, 0.15) is 0 Å². The lowest BCUT2D eigenvalue weighted by Crippen LogP contribution is -2.00. The van der Waals surface area contributed by atoms with E-state index in [0.29, 0.717) is 17.5 Å². The lowest BCUT2D eigenvalue weighted by Gasteiger charge is -2.18. The second-order valence-corrected chi connectivity index (χ2v) is 15.9. The predicted molar refractivity (Wildman–Crippen MR) is 257 cm³/mol. The fourth-order valence-corrected chi connectivity index (χ4v) is 9.49. The summed E-state index contributed by atoms with van der Waals surface area (Å²) in [6, 6.07) is 80.1. The van der Waals surface area contributed by atoms with E-state index in [-0.39, 0.29) is 0 Å². The molecule has 288 valence electrons. The van der Waals surface area contributed by atoms with E-state index in [1.165, 1.54) is 77.2 Å². The normalized spacial score (nSPS) is 11.5. The highest BCUT2D eigenvalue weighted by Gasteiger charge is 2.29. The van der Waals surface area contributed by atoms with E-state index in [1.807, 2.05) is 60.7 Å². The number of aromatic nitrogens is 3. The van der Waals surface area contributed by atoms with Crippen LogP contribution in [0.25, 0.3) is 122 Å². The summed E-state index contributed by atoms with van der Waals surface area (Å²) in [7, 11) is 0. The van der Waals surface area contributed by atoms with Gasteiger partial charge in [0.25, 0.3) is 0 Å². The summed E-state index contributed by atoms with van der Waals surface area (Å²) < 4.78 is 0. The molecule has 62 heavy (non-hydrogen) atoms. The van der Waals surface area contributed by atoms with Crippen LogP contribution in [0.4, 0.5) is 0 Å². The number of fused-ring (bicyclic) bond motifs is 4. The third kappa shape index (κ3) is 5.94. The van der Waals surface area contributed by atoms with E-state index >= 15 is 0 Å². The number of rotatable bonds is 7. The third-order valence-corrected chi connectivity index (χ3v) is 12.3. The average Bonchev–Trinajstić information content (AvgIpc) is 3.70. The molecule has 0 saturated carbocycles. The minimum Gasteiger partial charge on any atom is -0.208 e. The van der Waals surface area contributed by atoms with Gasteiger partial charge in [-0.15, -0.1) is 0 Å². The Balaban J connectivity index is 1.07. The van der Waals surface area contributed by atoms with Crippen LogP contribution in [0.3, 0.4) is 0 Å².